The Kier molecular flexibility index (Phi) is 3.48. The Balaban J connectivity index is 2.06. The summed E-state index contributed by atoms with van der Waals surface area (Å²) in [6, 6.07) is 14.6. The molecule has 96 valence electrons. The number of hydrogen-bond donors (Lipinski definition) is 0. The molecule has 0 atom stereocenters. The molecule has 0 amide bonds. The van der Waals surface area contributed by atoms with Crippen molar-refractivity contribution in [2.24, 2.45) is 0 Å². The van der Waals surface area contributed by atoms with Gasteiger partial charge < -0.3 is 0 Å². The highest BCUT2D eigenvalue weighted by atomic mass is 14.7. The molecular weight excluding hydrogens is 242 g/mol. The number of rotatable bonds is 2. The van der Waals surface area contributed by atoms with Gasteiger partial charge in [0.05, 0.1) is 5.69 Å². The van der Waals surface area contributed by atoms with Gasteiger partial charge in [0, 0.05) is 17.7 Å². The fourth-order valence-electron chi connectivity index (χ4n) is 2.29. The van der Waals surface area contributed by atoms with Crippen LogP contribution in [0.4, 0.5) is 0 Å². The minimum Gasteiger partial charge on any atom is -0.253 e. The van der Waals surface area contributed by atoms with Crippen molar-refractivity contribution in [3.8, 4) is 23.1 Å². The Labute approximate surface area is 119 Å². The van der Waals surface area contributed by atoms with Gasteiger partial charge in [-0.2, -0.15) is 0 Å². The van der Waals surface area contributed by atoms with Crippen molar-refractivity contribution in [1.29, 1.82) is 0 Å². The summed E-state index contributed by atoms with van der Waals surface area (Å²) in [7, 11) is 0. The van der Waals surface area contributed by atoms with E-state index >= 15 is 0 Å². The summed E-state index contributed by atoms with van der Waals surface area (Å²) in [5.41, 5.74) is 5.64. The number of aryl methyl sites for hydroxylation is 1. The lowest BCUT2D eigenvalue weighted by Crippen LogP contribution is -1.92. The number of pyridine rings is 1. The molecule has 0 spiro atoms. The second-order valence-corrected chi connectivity index (χ2v) is 4.80. The molecule has 1 heterocycles. The number of hydrogen-bond acceptors (Lipinski definition) is 1. The third-order valence-electron chi connectivity index (χ3n) is 3.25. The maximum Gasteiger partial charge on any atom is 0.0711 e. The highest BCUT2D eigenvalue weighted by Gasteiger charge is 2.06. The smallest absolute Gasteiger partial charge is 0.0711 e. The molecule has 0 bridgehead atoms. The Morgan fingerprint density at radius 2 is 1.90 bits per heavy atom. The molecule has 1 heteroatoms. The minimum absolute atomic E-state index is 0.782. The molecule has 1 aliphatic rings. The van der Waals surface area contributed by atoms with Crippen LogP contribution < -0.4 is 0 Å². The summed E-state index contributed by atoms with van der Waals surface area (Å²) in [4.78, 5) is 4.64. The largest absolute Gasteiger partial charge is 0.253 e. The van der Waals surface area contributed by atoms with E-state index in [2.05, 4.69) is 47.2 Å². The summed E-state index contributed by atoms with van der Waals surface area (Å²) in [6.45, 7) is 2.04. The Morgan fingerprint density at radius 3 is 2.75 bits per heavy atom. The van der Waals surface area contributed by atoms with Crippen LogP contribution in [0.3, 0.4) is 0 Å². The van der Waals surface area contributed by atoms with Gasteiger partial charge in [0.2, 0.25) is 0 Å². The molecule has 1 aliphatic carbocycles. The zero-order valence-corrected chi connectivity index (χ0v) is 11.4. The van der Waals surface area contributed by atoms with Gasteiger partial charge in [-0.25, -0.2) is 0 Å². The molecule has 20 heavy (non-hydrogen) atoms. The van der Waals surface area contributed by atoms with Crippen molar-refractivity contribution in [3.05, 3.63) is 72.0 Å². The Bertz CT molecular complexity index is 740. The number of allylic oxidation sites excluding steroid dienone is 4. The van der Waals surface area contributed by atoms with Crippen LogP contribution in [0.2, 0.25) is 0 Å². The van der Waals surface area contributed by atoms with Crippen LogP contribution in [0.1, 0.15) is 17.7 Å². The Morgan fingerprint density at radius 1 is 1.05 bits per heavy atom. The zero-order chi connectivity index (χ0) is 13.8. The predicted octanol–water partition coefficient (Wildman–Crippen LogP) is 4.40. The quantitative estimate of drug-likeness (QED) is 0.726. The lowest BCUT2D eigenvalue weighted by atomic mass is 10.00. The molecule has 0 radical (unpaired) electrons. The van der Waals surface area contributed by atoms with Crippen LogP contribution in [-0.4, -0.2) is 4.98 Å². The number of aromatic nitrogens is 1. The topological polar surface area (TPSA) is 12.9 Å². The molecule has 0 saturated heterocycles. The second kappa shape index (κ2) is 5.59. The molecule has 0 N–H and O–H groups in total. The van der Waals surface area contributed by atoms with E-state index in [0.29, 0.717) is 0 Å². The second-order valence-electron chi connectivity index (χ2n) is 4.80. The maximum atomic E-state index is 4.64. The standard InChI is InChI=1S/C19H15N/c1-15-13-18(16-9-5-2-3-6-10-16)14-19(20-15)17-11-7-4-8-12-17/h2,4-5,7-9,11-14H,10H2,1H3. The van der Waals surface area contributed by atoms with Crippen molar-refractivity contribution in [2.75, 3.05) is 0 Å². The van der Waals surface area contributed by atoms with Crippen molar-refractivity contribution in [1.82, 2.24) is 4.98 Å². The lowest BCUT2D eigenvalue weighted by molar-refractivity contribution is 1.19. The third kappa shape index (κ3) is 2.70. The predicted molar refractivity (Wildman–Crippen MR) is 83.9 cm³/mol. The van der Waals surface area contributed by atoms with E-state index in [4.69, 9.17) is 0 Å². The van der Waals surface area contributed by atoms with Crippen LogP contribution in [-0.2, 0) is 0 Å². The fourth-order valence-corrected chi connectivity index (χ4v) is 2.29. The van der Waals surface area contributed by atoms with Gasteiger partial charge in [-0.15, -0.1) is 0 Å². The summed E-state index contributed by atoms with van der Waals surface area (Å²) in [5.74, 6) is 6.16. The van der Waals surface area contributed by atoms with Crippen LogP contribution in [0.25, 0.3) is 16.8 Å². The highest BCUT2D eigenvalue weighted by molar-refractivity contribution is 5.73. The first-order valence-corrected chi connectivity index (χ1v) is 6.71. The molecular formula is C19H15N. The molecule has 2 aromatic rings. The van der Waals surface area contributed by atoms with Crippen molar-refractivity contribution >= 4 is 5.57 Å². The maximum absolute atomic E-state index is 4.64. The van der Waals surface area contributed by atoms with Gasteiger partial charge >= 0.3 is 0 Å². The summed E-state index contributed by atoms with van der Waals surface area (Å²) in [6.07, 6.45) is 6.80. The van der Waals surface area contributed by atoms with Crippen LogP contribution in [0.5, 0.6) is 0 Å². The molecule has 0 fully saturated rings. The Hall–Kier alpha value is -2.59. The normalized spacial score (nSPS) is 13.2. The average Bonchev–Trinajstić information content (AvgIpc) is 2.77. The molecule has 0 unspecified atom stereocenters. The molecule has 1 nitrogen and oxygen atoms in total. The average molecular weight is 257 g/mol. The third-order valence-corrected chi connectivity index (χ3v) is 3.25. The number of nitrogens with zero attached hydrogens (tertiary/aromatic N) is 1. The first-order valence-electron chi connectivity index (χ1n) is 6.71. The minimum atomic E-state index is 0.782. The van der Waals surface area contributed by atoms with E-state index in [9.17, 15) is 0 Å². The van der Waals surface area contributed by atoms with E-state index in [1.54, 1.807) is 0 Å². The highest BCUT2D eigenvalue weighted by Crippen LogP contribution is 2.25. The summed E-state index contributed by atoms with van der Waals surface area (Å²) < 4.78 is 0. The van der Waals surface area contributed by atoms with Crippen molar-refractivity contribution in [2.45, 2.75) is 13.3 Å². The van der Waals surface area contributed by atoms with Crippen LogP contribution >= 0.6 is 0 Å². The van der Waals surface area contributed by atoms with Gasteiger partial charge in [-0.1, -0.05) is 54.3 Å². The molecule has 1 aromatic heterocycles. The molecule has 1 aromatic carbocycles. The molecule has 0 saturated carbocycles. The van der Waals surface area contributed by atoms with Gasteiger partial charge in [0.25, 0.3) is 0 Å². The molecule has 3 rings (SSSR count). The van der Waals surface area contributed by atoms with E-state index in [1.807, 2.05) is 37.3 Å². The van der Waals surface area contributed by atoms with E-state index < -0.39 is 0 Å². The van der Waals surface area contributed by atoms with E-state index in [0.717, 1.165) is 23.4 Å². The van der Waals surface area contributed by atoms with Crippen LogP contribution in [0.15, 0.2) is 60.7 Å². The van der Waals surface area contributed by atoms with E-state index in [1.165, 1.54) is 11.1 Å². The van der Waals surface area contributed by atoms with Gasteiger partial charge in [-0.3, -0.25) is 4.98 Å². The first-order chi connectivity index (χ1) is 9.83. The lowest BCUT2D eigenvalue weighted by Gasteiger charge is -2.08. The van der Waals surface area contributed by atoms with E-state index in [-0.39, 0.29) is 0 Å². The van der Waals surface area contributed by atoms with Gasteiger partial charge in [0.15, 0.2) is 0 Å². The van der Waals surface area contributed by atoms with Gasteiger partial charge in [0.1, 0.15) is 0 Å². The van der Waals surface area contributed by atoms with Gasteiger partial charge in [-0.05, 0) is 36.3 Å². The zero-order valence-electron chi connectivity index (χ0n) is 11.4. The molecule has 0 aliphatic heterocycles. The van der Waals surface area contributed by atoms with Crippen molar-refractivity contribution in [3.63, 3.8) is 0 Å². The number of benzene rings is 1. The SMILES string of the molecule is Cc1cc(C2=CC=CC#CC2)cc(-c2ccccc2)n1. The van der Waals surface area contributed by atoms with Crippen molar-refractivity contribution < 1.29 is 0 Å². The monoisotopic (exact) mass is 257 g/mol. The first kappa shape index (κ1) is 12.4. The fraction of sp³-hybridized carbons (Fsp3) is 0.105. The van der Waals surface area contributed by atoms with Crippen LogP contribution in [0, 0.1) is 18.8 Å². The summed E-state index contributed by atoms with van der Waals surface area (Å²) >= 11 is 0. The summed E-state index contributed by atoms with van der Waals surface area (Å²) in [5, 5.41) is 0.